The number of rotatable bonds is 4. The summed E-state index contributed by atoms with van der Waals surface area (Å²) >= 11 is 0. The second kappa shape index (κ2) is 7.65. The van der Waals surface area contributed by atoms with Crippen molar-refractivity contribution in [1.82, 2.24) is 4.90 Å². The van der Waals surface area contributed by atoms with E-state index in [1.807, 2.05) is 0 Å². The summed E-state index contributed by atoms with van der Waals surface area (Å²) in [7, 11) is 1.72. The molecule has 1 aromatic rings. The smallest absolute Gasteiger partial charge is 0.118 e. The van der Waals surface area contributed by atoms with Crippen LogP contribution < -0.4 is 9.64 Å². The molecule has 1 N–H and O–H groups in total. The van der Waals surface area contributed by atoms with Crippen molar-refractivity contribution in [2.24, 2.45) is 0 Å². The van der Waals surface area contributed by atoms with Crippen LogP contribution in [-0.2, 0) is 11.3 Å². The van der Waals surface area contributed by atoms with Crippen LogP contribution in [0.5, 0.6) is 5.75 Å². The number of nitrogens with zero attached hydrogens (tertiary/aromatic N) is 1. The average molecular weight is 319 g/mol. The minimum absolute atomic E-state index is 0.408. The Morgan fingerprint density at radius 2 is 1.70 bits per heavy atom. The van der Waals surface area contributed by atoms with E-state index >= 15 is 0 Å². The first-order valence-corrected chi connectivity index (χ1v) is 8.99. The molecule has 4 heteroatoms. The molecule has 0 saturated carbocycles. The Kier molecular flexibility index (Phi) is 5.57. The number of hydrogen-bond acceptors (Lipinski definition) is 3. The van der Waals surface area contributed by atoms with Crippen molar-refractivity contribution >= 4 is 0 Å². The summed E-state index contributed by atoms with van der Waals surface area (Å²) in [5.41, 5.74) is 1.38. The van der Waals surface area contributed by atoms with Crippen LogP contribution in [0, 0.1) is 0 Å². The van der Waals surface area contributed by atoms with Gasteiger partial charge in [-0.1, -0.05) is 12.1 Å². The summed E-state index contributed by atoms with van der Waals surface area (Å²) in [6, 6.07) is 9.30. The van der Waals surface area contributed by atoms with Crippen molar-refractivity contribution in [2.75, 3.05) is 33.3 Å². The number of hydrogen-bond donors (Lipinski definition) is 1. The topological polar surface area (TPSA) is 26.1 Å². The molecule has 2 saturated heterocycles. The second-order valence-electron chi connectivity index (χ2n) is 7.22. The fourth-order valence-corrected chi connectivity index (χ4v) is 4.14. The number of morpholine rings is 1. The molecule has 0 aliphatic carbocycles. The lowest BCUT2D eigenvalue weighted by atomic mass is 10.0. The number of benzene rings is 1. The highest BCUT2D eigenvalue weighted by atomic mass is 16.5. The molecule has 0 radical (unpaired) electrons. The van der Waals surface area contributed by atoms with Crippen molar-refractivity contribution in [2.45, 2.75) is 51.5 Å². The van der Waals surface area contributed by atoms with Gasteiger partial charge >= 0.3 is 0 Å². The Labute approximate surface area is 140 Å². The van der Waals surface area contributed by atoms with Crippen LogP contribution in [0.2, 0.25) is 0 Å². The van der Waals surface area contributed by atoms with E-state index in [4.69, 9.17) is 9.47 Å². The van der Waals surface area contributed by atoms with E-state index in [1.54, 1.807) is 12.0 Å². The Balaban J connectivity index is 1.48. The molecule has 3 rings (SSSR count). The fourth-order valence-electron chi connectivity index (χ4n) is 4.14. The van der Waals surface area contributed by atoms with Crippen molar-refractivity contribution in [3.05, 3.63) is 29.8 Å². The molecule has 128 valence electrons. The molecule has 2 heterocycles. The third kappa shape index (κ3) is 4.46. The molecule has 0 bridgehead atoms. The van der Waals surface area contributed by atoms with Crippen LogP contribution in [0.3, 0.4) is 0 Å². The van der Waals surface area contributed by atoms with Gasteiger partial charge in [0.15, 0.2) is 0 Å². The van der Waals surface area contributed by atoms with Crippen molar-refractivity contribution in [3.8, 4) is 5.75 Å². The minimum atomic E-state index is 0.408. The number of nitrogens with one attached hydrogen (secondary N) is 1. The molecule has 0 amide bonds. The second-order valence-corrected chi connectivity index (χ2v) is 7.22. The predicted molar refractivity (Wildman–Crippen MR) is 92.0 cm³/mol. The van der Waals surface area contributed by atoms with Crippen LogP contribution in [-0.4, -0.2) is 56.4 Å². The Morgan fingerprint density at radius 3 is 2.26 bits per heavy atom. The summed E-state index contributed by atoms with van der Waals surface area (Å²) in [6.07, 6.45) is 3.44. The number of methoxy groups -OCH3 is 1. The maximum absolute atomic E-state index is 5.88. The molecule has 0 aromatic heterocycles. The van der Waals surface area contributed by atoms with Crippen molar-refractivity contribution in [1.29, 1.82) is 0 Å². The summed E-state index contributed by atoms with van der Waals surface area (Å²) < 4.78 is 11.1. The van der Waals surface area contributed by atoms with Gasteiger partial charge < -0.3 is 14.4 Å². The quantitative estimate of drug-likeness (QED) is 0.907. The van der Waals surface area contributed by atoms with E-state index in [1.165, 1.54) is 44.6 Å². The third-order valence-corrected chi connectivity index (χ3v) is 5.29. The lowest BCUT2D eigenvalue weighted by Gasteiger charge is -2.41. The van der Waals surface area contributed by atoms with Gasteiger partial charge in [0.1, 0.15) is 31.0 Å². The molecule has 2 aliphatic heterocycles. The van der Waals surface area contributed by atoms with Gasteiger partial charge in [0.05, 0.1) is 13.2 Å². The van der Waals surface area contributed by atoms with E-state index < -0.39 is 0 Å². The van der Waals surface area contributed by atoms with Crippen molar-refractivity contribution in [3.63, 3.8) is 0 Å². The number of piperidine rings is 1. The molecule has 2 fully saturated rings. The predicted octanol–water partition coefficient (Wildman–Crippen LogP) is 1.35. The lowest BCUT2D eigenvalue weighted by Crippen LogP contribution is -3.19. The minimum Gasteiger partial charge on any atom is -0.497 e. The van der Waals surface area contributed by atoms with E-state index in [0.717, 1.165) is 18.3 Å². The summed E-state index contributed by atoms with van der Waals surface area (Å²) in [5, 5.41) is 0. The average Bonchev–Trinajstić information content (AvgIpc) is 2.55. The largest absolute Gasteiger partial charge is 0.497 e. The van der Waals surface area contributed by atoms with E-state index in [9.17, 15) is 0 Å². The summed E-state index contributed by atoms with van der Waals surface area (Å²) in [5.74, 6) is 0.937. The van der Waals surface area contributed by atoms with Gasteiger partial charge in [0.2, 0.25) is 0 Å². The van der Waals surface area contributed by atoms with E-state index in [-0.39, 0.29) is 0 Å². The molecular weight excluding hydrogens is 288 g/mol. The molecule has 23 heavy (non-hydrogen) atoms. The van der Waals surface area contributed by atoms with Crippen molar-refractivity contribution < 1.29 is 14.4 Å². The van der Waals surface area contributed by atoms with Crippen LogP contribution >= 0.6 is 0 Å². The molecule has 1 aromatic carbocycles. The molecule has 0 spiro atoms. The Hall–Kier alpha value is -1.10. The van der Waals surface area contributed by atoms with Gasteiger partial charge in [-0.15, -0.1) is 0 Å². The van der Waals surface area contributed by atoms with Crippen LogP contribution in [0.15, 0.2) is 24.3 Å². The van der Waals surface area contributed by atoms with Crippen LogP contribution in [0.1, 0.15) is 32.3 Å². The first-order chi connectivity index (χ1) is 11.1. The molecule has 4 nitrogen and oxygen atoms in total. The fraction of sp³-hybridized carbons (Fsp3) is 0.684. The first-order valence-electron chi connectivity index (χ1n) is 8.99. The maximum Gasteiger partial charge on any atom is 0.118 e. The highest BCUT2D eigenvalue weighted by molar-refractivity contribution is 5.27. The molecule has 2 unspecified atom stereocenters. The van der Waals surface area contributed by atoms with Gasteiger partial charge in [0, 0.05) is 32.5 Å². The number of likely N-dealkylation sites (tertiary alicyclic amines) is 1. The van der Waals surface area contributed by atoms with Gasteiger partial charge in [-0.25, -0.2) is 0 Å². The normalized spacial score (nSPS) is 30.3. The Morgan fingerprint density at radius 1 is 1.09 bits per heavy atom. The van der Waals surface area contributed by atoms with Gasteiger partial charge in [-0.05, 0) is 31.5 Å². The molecule has 2 aliphatic rings. The highest BCUT2D eigenvalue weighted by Gasteiger charge is 2.33. The van der Waals surface area contributed by atoms with Gasteiger partial charge in [-0.3, -0.25) is 4.90 Å². The third-order valence-electron chi connectivity index (χ3n) is 5.29. The summed E-state index contributed by atoms with van der Waals surface area (Å²) in [4.78, 5) is 4.35. The van der Waals surface area contributed by atoms with Crippen LogP contribution in [0.25, 0.3) is 0 Å². The standard InChI is InChI=1S/C19H30N2O2/c1-15-12-21(13-16(2)23-15)18-8-10-20(11-9-18)14-17-4-6-19(22-3)7-5-17/h4-7,15-16,18H,8-14H2,1-3H3/p+1. The first kappa shape index (κ1) is 16.7. The zero-order valence-electron chi connectivity index (χ0n) is 14.8. The zero-order valence-corrected chi connectivity index (χ0v) is 14.8. The maximum atomic E-state index is 5.88. The molecular formula is C19H31N2O2+. The zero-order chi connectivity index (χ0) is 16.2. The van der Waals surface area contributed by atoms with E-state index in [0.29, 0.717) is 12.2 Å². The SMILES string of the molecule is COc1ccc(CN2CCC([NH+]3CC(C)OC(C)C3)CC2)cc1. The van der Waals surface area contributed by atoms with Gasteiger partial charge in [0.25, 0.3) is 0 Å². The van der Waals surface area contributed by atoms with Crippen LogP contribution in [0.4, 0.5) is 0 Å². The Bertz CT molecular complexity index is 473. The number of quaternary nitrogens is 1. The molecule has 2 atom stereocenters. The lowest BCUT2D eigenvalue weighted by molar-refractivity contribution is -0.940. The number of ether oxygens (including phenoxy) is 2. The monoisotopic (exact) mass is 319 g/mol. The highest BCUT2D eigenvalue weighted by Crippen LogP contribution is 2.16. The summed E-state index contributed by atoms with van der Waals surface area (Å²) in [6.45, 7) is 10.3. The van der Waals surface area contributed by atoms with Gasteiger partial charge in [-0.2, -0.15) is 0 Å². The van der Waals surface area contributed by atoms with E-state index in [2.05, 4.69) is 43.0 Å².